The summed E-state index contributed by atoms with van der Waals surface area (Å²) >= 11 is -1.72. The summed E-state index contributed by atoms with van der Waals surface area (Å²) in [5, 5.41) is 1.94. The number of rotatable bonds is 3. The predicted molar refractivity (Wildman–Crippen MR) is 67.8 cm³/mol. The van der Waals surface area contributed by atoms with Crippen molar-refractivity contribution in [3.05, 3.63) is 27.3 Å². The number of carbonyl (C=O) groups is 2. The molecule has 7 nitrogen and oxygen atoms in total. The van der Waals surface area contributed by atoms with Crippen LogP contribution in [0, 0.1) is 3.57 Å². The quantitative estimate of drug-likeness (QED) is 0.584. The summed E-state index contributed by atoms with van der Waals surface area (Å²) in [4.78, 5) is 21.8. The highest BCUT2D eigenvalue weighted by atomic mass is 127. The molecule has 0 spiro atoms. The van der Waals surface area contributed by atoms with Gasteiger partial charge in [-0.2, -0.15) is 8.42 Å². The first kappa shape index (κ1) is 14.9. The molecule has 0 radical (unpaired) electrons. The smallest absolute Gasteiger partial charge is 0.293 e. The fourth-order valence-corrected chi connectivity index (χ4v) is 2.60. The Balaban J connectivity index is 3.35. The third-order valence-corrected chi connectivity index (χ3v) is 4.12. The van der Waals surface area contributed by atoms with E-state index in [0.29, 0.717) is 0 Å². The van der Waals surface area contributed by atoms with Crippen molar-refractivity contribution < 1.29 is 25.6 Å². The minimum Gasteiger partial charge on any atom is -0.293 e. The summed E-state index contributed by atoms with van der Waals surface area (Å²) < 4.78 is 41.8. The topological polar surface area (TPSA) is 118 Å². The number of benzene rings is 1. The number of carbonyl (C=O) groups excluding carboxylic acids is 2. The Morgan fingerprint density at radius 3 is 2.39 bits per heavy atom. The molecule has 2 N–H and O–H groups in total. The molecule has 1 aromatic rings. The number of halogens is 1. The van der Waals surface area contributed by atoms with Crippen LogP contribution in [0.4, 0.5) is 0 Å². The molecule has 0 fully saturated rings. The van der Waals surface area contributed by atoms with Crippen LogP contribution in [0.25, 0.3) is 0 Å². The van der Waals surface area contributed by atoms with Gasteiger partial charge in [-0.1, -0.05) is 0 Å². The van der Waals surface area contributed by atoms with Crippen molar-refractivity contribution in [1.29, 1.82) is 0 Å². The molecule has 0 unspecified atom stereocenters. The summed E-state index contributed by atoms with van der Waals surface area (Å²) in [6, 6.07) is 3.08. The molecule has 98 valence electrons. The van der Waals surface area contributed by atoms with E-state index in [2.05, 4.69) is 0 Å². The van der Waals surface area contributed by atoms with Crippen molar-refractivity contribution >= 4 is 43.1 Å². The average molecular weight is 385 g/mol. The number of amides is 2. The zero-order chi connectivity index (χ0) is 13.9. The van der Waals surface area contributed by atoms with E-state index < -0.39 is 48.0 Å². The average Bonchev–Trinajstić information content (AvgIpc) is 2.26. The van der Waals surface area contributed by atoms with Gasteiger partial charge in [-0.15, -0.1) is 0 Å². The first-order valence-electron chi connectivity index (χ1n) is 4.46. The van der Waals surface area contributed by atoms with E-state index in [1.807, 2.05) is 5.32 Å². The van der Waals surface area contributed by atoms with Gasteiger partial charge in [0.05, 0.1) is 14.0 Å². The maximum atomic E-state index is 11.6. The monoisotopic (exact) mass is 385 g/mol. The van der Waals surface area contributed by atoms with Gasteiger partial charge in [-0.3, -0.25) is 22.5 Å². The lowest BCUT2D eigenvalue weighted by atomic mass is 10.2. The molecule has 1 rings (SSSR count). The van der Waals surface area contributed by atoms with Gasteiger partial charge in [0.25, 0.3) is 16.0 Å². The van der Waals surface area contributed by atoms with Crippen LogP contribution < -0.4 is 5.32 Å². The molecule has 0 aliphatic carbocycles. The van der Waals surface area contributed by atoms with E-state index in [9.17, 15) is 21.1 Å². The van der Waals surface area contributed by atoms with E-state index in [-0.39, 0.29) is 9.13 Å². The largest absolute Gasteiger partial charge is 0.294 e. The lowest BCUT2D eigenvalue weighted by Gasteiger charge is -2.05. The van der Waals surface area contributed by atoms with Gasteiger partial charge < -0.3 is 0 Å². The van der Waals surface area contributed by atoms with Crippen LogP contribution in [0.15, 0.2) is 23.1 Å². The van der Waals surface area contributed by atoms with E-state index in [1.54, 1.807) is 0 Å². The van der Waals surface area contributed by atoms with Crippen LogP contribution in [-0.2, 0) is 18.0 Å². The third kappa shape index (κ3) is 3.65. The van der Waals surface area contributed by atoms with Gasteiger partial charge in [0, 0.05) is 6.92 Å². The Morgan fingerprint density at radius 1 is 1.33 bits per heavy atom. The Bertz CT molecular complexity index is 624. The summed E-state index contributed by atoms with van der Waals surface area (Å²) in [6.07, 6.45) is 0. The van der Waals surface area contributed by atoms with Crippen LogP contribution in [0.2, 0.25) is 0 Å². The number of hydrogen-bond acceptors (Lipinski definition) is 5. The Kier molecular flexibility index (Phi) is 4.65. The second-order valence-corrected chi connectivity index (χ2v) is 6.23. The zero-order valence-electron chi connectivity index (χ0n) is 9.01. The fraction of sp³-hybridized carbons (Fsp3) is 0.111. The fourth-order valence-electron chi connectivity index (χ4n) is 1.13. The second kappa shape index (κ2) is 5.63. The van der Waals surface area contributed by atoms with Crippen LogP contribution in [0.3, 0.4) is 0 Å². The third-order valence-electron chi connectivity index (χ3n) is 1.85. The van der Waals surface area contributed by atoms with Crippen molar-refractivity contribution in [3.63, 3.8) is 0 Å². The maximum absolute atomic E-state index is 11.6. The lowest BCUT2D eigenvalue weighted by molar-refractivity contribution is -0.118. The van der Waals surface area contributed by atoms with Crippen molar-refractivity contribution in [1.82, 2.24) is 5.32 Å². The van der Waals surface area contributed by atoms with Gasteiger partial charge in [0.1, 0.15) is 0 Å². The molecule has 0 atom stereocenters. The number of hydrogen-bond donors (Lipinski definition) is 2. The van der Waals surface area contributed by atoms with Crippen LogP contribution in [0.1, 0.15) is 17.3 Å². The molecule has 0 aromatic heterocycles. The molecule has 0 bridgehead atoms. The SMILES string of the molecule is CC(=O)NC(=O)c1cc(S(=O)(=O)O)ccc1I=O. The molecule has 0 heterocycles. The van der Waals surface area contributed by atoms with E-state index in [4.69, 9.17) is 4.55 Å². The first-order chi connectivity index (χ1) is 8.25. The van der Waals surface area contributed by atoms with E-state index in [0.717, 1.165) is 19.1 Å². The van der Waals surface area contributed by atoms with Crippen molar-refractivity contribution in [2.45, 2.75) is 11.8 Å². The van der Waals surface area contributed by atoms with Gasteiger partial charge in [-0.05, 0) is 18.2 Å². The minimum atomic E-state index is -4.47. The van der Waals surface area contributed by atoms with Crippen LogP contribution >= 0.6 is 21.2 Å². The molecular formula is C9H8INO6S. The lowest BCUT2D eigenvalue weighted by Crippen LogP contribution is -2.28. The summed E-state index contributed by atoms with van der Waals surface area (Å²) in [7, 11) is -4.47. The van der Waals surface area contributed by atoms with Crippen LogP contribution in [-0.4, -0.2) is 24.8 Å². The zero-order valence-corrected chi connectivity index (χ0v) is 12.0. The van der Waals surface area contributed by atoms with E-state index in [1.165, 1.54) is 6.07 Å². The molecule has 1 aromatic carbocycles. The molecule has 0 saturated heterocycles. The summed E-state index contributed by atoms with van der Waals surface area (Å²) in [6.45, 7) is 1.11. The Hall–Kier alpha value is -1.20. The maximum Gasteiger partial charge on any atom is 0.294 e. The molecule has 0 aliphatic heterocycles. The van der Waals surface area contributed by atoms with Gasteiger partial charge in [0.15, 0.2) is 21.2 Å². The highest BCUT2D eigenvalue weighted by Crippen LogP contribution is 2.20. The number of nitrogens with one attached hydrogen (secondary N) is 1. The normalized spacial score (nSPS) is 11.0. The molecule has 2 amide bonds. The minimum absolute atomic E-state index is 0.139. The standard InChI is InChI=1S/C9H8INO6S/c1-5(12)11-9(13)7-4-6(18(15,16)17)2-3-8(7)10-14/h2-4H,1H3,(H,11,12,13)(H,15,16,17). The molecular weight excluding hydrogens is 377 g/mol. The van der Waals surface area contributed by atoms with E-state index >= 15 is 0 Å². The highest BCUT2D eigenvalue weighted by molar-refractivity contribution is 14.1. The van der Waals surface area contributed by atoms with Gasteiger partial charge in [0.2, 0.25) is 5.91 Å². The summed E-state index contributed by atoms with van der Waals surface area (Å²) in [5.74, 6) is -1.49. The van der Waals surface area contributed by atoms with Gasteiger partial charge in [-0.25, -0.2) is 0 Å². The van der Waals surface area contributed by atoms with Crippen molar-refractivity contribution in [2.75, 3.05) is 0 Å². The number of imide groups is 1. The second-order valence-electron chi connectivity index (χ2n) is 3.20. The van der Waals surface area contributed by atoms with Crippen molar-refractivity contribution in [3.8, 4) is 0 Å². The van der Waals surface area contributed by atoms with Crippen LogP contribution in [0.5, 0.6) is 0 Å². The molecule has 18 heavy (non-hydrogen) atoms. The molecule has 9 heteroatoms. The summed E-state index contributed by atoms with van der Waals surface area (Å²) in [5.41, 5.74) is -0.205. The van der Waals surface area contributed by atoms with Gasteiger partial charge >= 0.3 is 0 Å². The van der Waals surface area contributed by atoms with Crippen molar-refractivity contribution in [2.24, 2.45) is 0 Å². The first-order valence-corrected chi connectivity index (χ1v) is 7.86. The highest BCUT2D eigenvalue weighted by Gasteiger charge is 2.18. The Morgan fingerprint density at radius 2 is 1.94 bits per heavy atom. The predicted octanol–water partition coefficient (Wildman–Crippen LogP) is 0.695. The molecule has 0 aliphatic rings. The molecule has 0 saturated carbocycles. The Labute approximate surface area is 113 Å².